The summed E-state index contributed by atoms with van der Waals surface area (Å²) in [6, 6.07) is 8.23. The van der Waals surface area contributed by atoms with Gasteiger partial charge in [-0.05, 0) is 34.9 Å². The number of para-hydroxylation sites is 1. The van der Waals surface area contributed by atoms with E-state index < -0.39 is 0 Å². The number of guanidine groups is 1. The molecule has 2 aromatic rings. The van der Waals surface area contributed by atoms with E-state index in [-0.39, 0.29) is 6.04 Å². The molecule has 0 radical (unpaired) electrons. The number of rotatable bonds is 3. The van der Waals surface area contributed by atoms with Gasteiger partial charge in [0.1, 0.15) is 5.75 Å². The maximum atomic E-state index is 6.03. The van der Waals surface area contributed by atoms with E-state index in [0.29, 0.717) is 19.1 Å². The number of nitrogens with one attached hydrogen (secondary N) is 1. The molecule has 0 bridgehead atoms. The first-order valence-electron chi connectivity index (χ1n) is 7.04. The fourth-order valence-corrected chi connectivity index (χ4v) is 3.28. The molecule has 0 saturated carbocycles. The number of thiophene rings is 1. The fourth-order valence-electron chi connectivity index (χ4n) is 2.44. The Morgan fingerprint density at radius 1 is 1.43 bits per heavy atom. The van der Waals surface area contributed by atoms with Crippen molar-refractivity contribution in [2.45, 2.75) is 25.9 Å². The van der Waals surface area contributed by atoms with Crippen LogP contribution in [0.4, 0.5) is 0 Å². The van der Waals surface area contributed by atoms with Crippen LogP contribution in [0.15, 0.2) is 40.0 Å². The lowest BCUT2D eigenvalue weighted by molar-refractivity contribution is 0.262. The smallest absolute Gasteiger partial charge is 0.189 e. The van der Waals surface area contributed by atoms with Crippen LogP contribution in [0.3, 0.4) is 0 Å². The first-order chi connectivity index (χ1) is 10.2. The third kappa shape index (κ3) is 3.19. The molecule has 1 atom stereocenters. The second-order valence-corrected chi connectivity index (χ2v) is 5.90. The van der Waals surface area contributed by atoms with E-state index in [1.807, 2.05) is 18.2 Å². The minimum absolute atomic E-state index is 0.169. The third-order valence-electron chi connectivity index (χ3n) is 3.66. The SMILES string of the molecule is Cc1cscc1CN=C(N)NC1CCOc2ccccc21. The molecule has 1 aliphatic heterocycles. The van der Waals surface area contributed by atoms with Crippen LogP contribution < -0.4 is 15.8 Å². The lowest BCUT2D eigenvalue weighted by Gasteiger charge is -2.26. The molecule has 0 fully saturated rings. The summed E-state index contributed by atoms with van der Waals surface area (Å²) in [7, 11) is 0. The molecular formula is C16H19N3OS. The first kappa shape index (κ1) is 13.9. The van der Waals surface area contributed by atoms with Gasteiger partial charge in [0.05, 0.1) is 19.2 Å². The Balaban J connectivity index is 1.68. The Morgan fingerprint density at radius 3 is 3.10 bits per heavy atom. The summed E-state index contributed by atoms with van der Waals surface area (Å²) in [5.74, 6) is 1.42. The van der Waals surface area contributed by atoms with Gasteiger partial charge in [-0.15, -0.1) is 0 Å². The number of benzene rings is 1. The maximum absolute atomic E-state index is 6.03. The average Bonchev–Trinajstić information content (AvgIpc) is 2.91. The zero-order valence-corrected chi connectivity index (χ0v) is 12.8. The van der Waals surface area contributed by atoms with Crippen molar-refractivity contribution in [2.24, 2.45) is 10.7 Å². The Labute approximate surface area is 128 Å². The molecule has 110 valence electrons. The number of ether oxygens (including phenoxy) is 1. The Kier molecular flexibility index (Phi) is 4.10. The minimum Gasteiger partial charge on any atom is -0.493 e. The van der Waals surface area contributed by atoms with Crippen molar-refractivity contribution in [1.29, 1.82) is 0 Å². The fraction of sp³-hybridized carbons (Fsp3) is 0.312. The van der Waals surface area contributed by atoms with E-state index in [4.69, 9.17) is 10.5 Å². The molecular weight excluding hydrogens is 282 g/mol. The summed E-state index contributed by atoms with van der Waals surface area (Å²) in [6.45, 7) is 3.42. The van der Waals surface area contributed by atoms with Crippen molar-refractivity contribution in [3.8, 4) is 5.75 Å². The summed E-state index contributed by atoms with van der Waals surface area (Å²) in [4.78, 5) is 4.44. The van der Waals surface area contributed by atoms with Crippen molar-refractivity contribution < 1.29 is 4.74 Å². The molecule has 3 N–H and O–H groups in total. The van der Waals surface area contributed by atoms with Gasteiger partial charge in [0.25, 0.3) is 0 Å². The van der Waals surface area contributed by atoms with Gasteiger partial charge < -0.3 is 15.8 Å². The predicted octanol–water partition coefficient (Wildman–Crippen LogP) is 2.98. The summed E-state index contributed by atoms with van der Waals surface area (Å²) >= 11 is 1.70. The molecule has 0 amide bonds. The lowest BCUT2D eigenvalue weighted by Crippen LogP contribution is -2.37. The van der Waals surface area contributed by atoms with Crippen molar-refractivity contribution in [1.82, 2.24) is 5.32 Å². The number of nitrogens with two attached hydrogens (primary N) is 1. The Bertz CT molecular complexity index is 650. The van der Waals surface area contributed by atoms with Gasteiger partial charge in [0.15, 0.2) is 5.96 Å². The second-order valence-electron chi connectivity index (χ2n) is 5.15. The van der Waals surface area contributed by atoms with Gasteiger partial charge in [-0.3, -0.25) is 0 Å². The van der Waals surface area contributed by atoms with Crippen LogP contribution in [-0.2, 0) is 6.54 Å². The normalized spacial score (nSPS) is 18.0. The van der Waals surface area contributed by atoms with Gasteiger partial charge in [-0.2, -0.15) is 11.3 Å². The van der Waals surface area contributed by atoms with E-state index in [2.05, 4.69) is 34.1 Å². The number of fused-ring (bicyclic) bond motifs is 1. The van der Waals surface area contributed by atoms with Crippen LogP contribution in [0.1, 0.15) is 29.2 Å². The highest BCUT2D eigenvalue weighted by Crippen LogP contribution is 2.31. The van der Waals surface area contributed by atoms with Crippen LogP contribution in [-0.4, -0.2) is 12.6 Å². The van der Waals surface area contributed by atoms with Crippen LogP contribution in [0.5, 0.6) is 5.75 Å². The third-order valence-corrected chi connectivity index (χ3v) is 4.57. The summed E-state index contributed by atoms with van der Waals surface area (Å²) < 4.78 is 5.65. The zero-order chi connectivity index (χ0) is 14.7. The molecule has 1 aromatic carbocycles. The highest BCUT2D eigenvalue weighted by atomic mass is 32.1. The molecule has 1 unspecified atom stereocenters. The quantitative estimate of drug-likeness (QED) is 0.677. The molecule has 1 aromatic heterocycles. The summed E-state index contributed by atoms with van der Waals surface area (Å²) in [5.41, 5.74) is 9.68. The van der Waals surface area contributed by atoms with Gasteiger partial charge in [0, 0.05) is 12.0 Å². The van der Waals surface area contributed by atoms with Crippen LogP contribution in [0, 0.1) is 6.92 Å². The Morgan fingerprint density at radius 2 is 2.29 bits per heavy atom. The predicted molar refractivity (Wildman–Crippen MR) is 86.8 cm³/mol. The molecule has 1 aliphatic rings. The minimum atomic E-state index is 0.169. The van der Waals surface area contributed by atoms with E-state index >= 15 is 0 Å². The van der Waals surface area contributed by atoms with Crippen molar-refractivity contribution >= 4 is 17.3 Å². The van der Waals surface area contributed by atoms with E-state index in [1.165, 1.54) is 11.1 Å². The highest BCUT2D eigenvalue weighted by Gasteiger charge is 2.21. The molecule has 21 heavy (non-hydrogen) atoms. The Hall–Kier alpha value is -2.01. The highest BCUT2D eigenvalue weighted by molar-refractivity contribution is 7.08. The van der Waals surface area contributed by atoms with Crippen molar-refractivity contribution in [3.63, 3.8) is 0 Å². The summed E-state index contributed by atoms with van der Waals surface area (Å²) in [5, 5.41) is 7.56. The van der Waals surface area contributed by atoms with E-state index in [1.54, 1.807) is 11.3 Å². The number of nitrogens with zero attached hydrogens (tertiary/aromatic N) is 1. The van der Waals surface area contributed by atoms with Gasteiger partial charge in [0.2, 0.25) is 0 Å². The number of hydrogen-bond donors (Lipinski definition) is 2. The van der Waals surface area contributed by atoms with E-state index in [0.717, 1.165) is 17.7 Å². The molecule has 0 spiro atoms. The number of aryl methyl sites for hydroxylation is 1. The van der Waals surface area contributed by atoms with Crippen LogP contribution in [0.2, 0.25) is 0 Å². The largest absolute Gasteiger partial charge is 0.493 e. The lowest BCUT2D eigenvalue weighted by atomic mass is 10.0. The van der Waals surface area contributed by atoms with Gasteiger partial charge >= 0.3 is 0 Å². The second kappa shape index (κ2) is 6.18. The molecule has 5 heteroatoms. The summed E-state index contributed by atoms with van der Waals surface area (Å²) in [6.07, 6.45) is 0.894. The molecule has 4 nitrogen and oxygen atoms in total. The average molecular weight is 301 g/mol. The maximum Gasteiger partial charge on any atom is 0.189 e. The standard InChI is InChI=1S/C16H19N3OS/c1-11-9-21-10-12(11)8-18-16(17)19-14-6-7-20-15-5-3-2-4-13(14)15/h2-5,9-10,14H,6-8H2,1H3,(H3,17,18,19). The molecule has 3 rings (SSSR count). The molecule has 0 saturated heterocycles. The van der Waals surface area contributed by atoms with Crippen molar-refractivity contribution in [2.75, 3.05) is 6.61 Å². The molecule has 2 heterocycles. The monoisotopic (exact) mass is 301 g/mol. The number of aliphatic imine (C=N–C) groups is 1. The van der Waals surface area contributed by atoms with Gasteiger partial charge in [-0.1, -0.05) is 18.2 Å². The van der Waals surface area contributed by atoms with Crippen molar-refractivity contribution in [3.05, 3.63) is 51.7 Å². The first-order valence-corrected chi connectivity index (χ1v) is 7.98. The van der Waals surface area contributed by atoms with Crippen LogP contribution in [0.25, 0.3) is 0 Å². The van der Waals surface area contributed by atoms with Crippen LogP contribution >= 0.6 is 11.3 Å². The topological polar surface area (TPSA) is 59.6 Å². The number of hydrogen-bond acceptors (Lipinski definition) is 3. The van der Waals surface area contributed by atoms with Gasteiger partial charge in [-0.25, -0.2) is 4.99 Å². The molecule has 0 aliphatic carbocycles. The van der Waals surface area contributed by atoms with E-state index in [9.17, 15) is 0 Å². The zero-order valence-electron chi connectivity index (χ0n) is 12.0.